The highest BCUT2D eigenvalue weighted by Gasteiger charge is 2.18. The molecule has 0 atom stereocenters. The molecule has 0 saturated carbocycles. The predicted molar refractivity (Wildman–Crippen MR) is 213 cm³/mol. The van der Waals surface area contributed by atoms with E-state index in [-0.39, 0.29) is 11.6 Å². The first-order chi connectivity index (χ1) is 24.9. The van der Waals surface area contributed by atoms with Crippen LogP contribution in [0.3, 0.4) is 0 Å². The van der Waals surface area contributed by atoms with Crippen LogP contribution in [0.2, 0.25) is 35.7 Å². The molecule has 2 aromatic carbocycles. The summed E-state index contributed by atoms with van der Waals surface area (Å²) in [5.41, 5.74) is 5.12. The average Bonchev–Trinajstić information content (AvgIpc) is 3.83. The van der Waals surface area contributed by atoms with Crippen molar-refractivity contribution in [2.24, 2.45) is 0 Å². The van der Waals surface area contributed by atoms with E-state index in [1.165, 1.54) is 0 Å². The van der Waals surface area contributed by atoms with Crippen molar-refractivity contribution in [3.8, 4) is 0 Å². The quantitative estimate of drug-likeness (QED) is 0.124. The third kappa shape index (κ3) is 10.1. The molecule has 6 aromatic rings. The minimum atomic E-state index is -1.24. The largest absolute Gasteiger partial charge is 0.476 e. The van der Waals surface area contributed by atoms with Crippen LogP contribution >= 0.6 is 23.2 Å². The van der Waals surface area contributed by atoms with Gasteiger partial charge in [-0.25, -0.2) is 9.59 Å². The van der Waals surface area contributed by atoms with Crippen LogP contribution in [-0.4, -0.2) is 51.4 Å². The number of amides is 1. The molecule has 0 aliphatic carbocycles. The molecule has 0 fully saturated rings. The Morgan fingerprint density at radius 1 is 0.792 bits per heavy atom. The van der Waals surface area contributed by atoms with Gasteiger partial charge >= 0.3 is 12.1 Å². The fourth-order valence-electron chi connectivity index (χ4n) is 5.63. The van der Waals surface area contributed by atoms with Gasteiger partial charge in [-0.15, -0.1) is 0 Å². The number of anilines is 1. The Balaban J connectivity index is 0.000000211. The van der Waals surface area contributed by atoms with E-state index in [9.17, 15) is 9.59 Å². The van der Waals surface area contributed by atoms with Crippen molar-refractivity contribution >= 4 is 71.1 Å². The van der Waals surface area contributed by atoms with E-state index < -0.39 is 20.1 Å². The van der Waals surface area contributed by atoms with Gasteiger partial charge in [0.15, 0.2) is 11.5 Å². The first kappa shape index (κ1) is 39.7. The van der Waals surface area contributed by atoms with Crippen LogP contribution in [0.15, 0.2) is 57.4 Å². The van der Waals surface area contributed by atoms with Crippen LogP contribution in [0.1, 0.15) is 84.1 Å². The number of aromatic nitrogens is 4. The van der Waals surface area contributed by atoms with Gasteiger partial charge < -0.3 is 18.7 Å². The number of nitrogens with zero attached hydrogens (tertiary/aromatic N) is 4. The average molecular weight is 781 g/mol. The van der Waals surface area contributed by atoms with Crippen LogP contribution in [0.25, 0.3) is 21.9 Å². The lowest BCUT2D eigenvalue weighted by atomic mass is 10.1. The number of carboxylic acids is 1. The molecule has 0 aliphatic rings. The highest BCUT2D eigenvalue weighted by Crippen LogP contribution is 2.32. The molecule has 0 spiro atoms. The maximum absolute atomic E-state index is 12.1. The number of carbonyl (C=O) groups excluding carboxylic acids is 1. The van der Waals surface area contributed by atoms with Gasteiger partial charge in [0.05, 0.1) is 19.7 Å². The third-order valence-electron chi connectivity index (χ3n) is 8.63. The fourth-order valence-corrected chi connectivity index (χ4v) is 6.85. The first-order valence-electron chi connectivity index (χ1n) is 17.6. The molecule has 11 nitrogen and oxygen atoms in total. The number of aromatic carboxylic acids is 1. The molecule has 0 unspecified atom stereocenters. The number of fused-ring (bicyclic) bond motifs is 2. The number of carboxylic acid groups (broad SMARTS) is 1. The van der Waals surface area contributed by atoms with Gasteiger partial charge in [0.1, 0.15) is 22.7 Å². The van der Waals surface area contributed by atoms with Crippen molar-refractivity contribution in [3.05, 3.63) is 98.3 Å². The number of ether oxygens (including phenoxy) is 1. The lowest BCUT2D eigenvalue weighted by molar-refractivity contribution is 0.0689. The SMILES string of the molecule is Cc1cc(C(=O)O)nn1Cc1cc(Cl)cc2cc(C(C)C)oc12.Cc1cc(NC(=O)OCC[Si](C)(C)C)nn1Cc1cc(Cl)cc2cc(C(C)C)oc12. The lowest BCUT2D eigenvalue weighted by Gasteiger charge is -2.15. The van der Waals surface area contributed by atoms with Crippen LogP contribution in [0, 0.1) is 13.8 Å². The van der Waals surface area contributed by atoms with Gasteiger partial charge in [-0.1, -0.05) is 70.5 Å². The van der Waals surface area contributed by atoms with Crippen molar-refractivity contribution in [2.45, 2.75) is 92.2 Å². The minimum Gasteiger partial charge on any atom is -0.476 e. The molecule has 14 heteroatoms. The summed E-state index contributed by atoms with van der Waals surface area (Å²) in [5, 5.41) is 23.6. The summed E-state index contributed by atoms with van der Waals surface area (Å²) in [4.78, 5) is 23.1. The minimum absolute atomic E-state index is 0.0306. The van der Waals surface area contributed by atoms with Gasteiger partial charge in [0.25, 0.3) is 0 Å². The Hall–Kier alpha value is -4.52. The summed E-state index contributed by atoms with van der Waals surface area (Å²) in [6, 6.07) is 15.8. The molecule has 1 amide bonds. The number of halogens is 2. The van der Waals surface area contributed by atoms with E-state index in [4.69, 9.17) is 41.9 Å². The normalized spacial score (nSPS) is 11.8. The summed E-state index contributed by atoms with van der Waals surface area (Å²) in [7, 11) is -1.24. The molecule has 0 aliphatic heterocycles. The topological polar surface area (TPSA) is 138 Å². The zero-order valence-corrected chi connectivity index (χ0v) is 34.1. The van der Waals surface area contributed by atoms with Gasteiger partial charge in [0, 0.05) is 69.3 Å². The molecule has 0 radical (unpaired) electrons. The van der Waals surface area contributed by atoms with Gasteiger partial charge in [-0.2, -0.15) is 10.2 Å². The summed E-state index contributed by atoms with van der Waals surface area (Å²) >= 11 is 12.5. The molecular weight excluding hydrogens is 733 g/mol. The molecule has 0 saturated heterocycles. The molecule has 4 heterocycles. The molecular formula is C39H47Cl2N5O6Si. The predicted octanol–water partition coefficient (Wildman–Crippen LogP) is 11.1. The zero-order valence-electron chi connectivity index (χ0n) is 31.6. The number of carbonyl (C=O) groups is 2. The van der Waals surface area contributed by atoms with Crippen LogP contribution in [0.4, 0.5) is 10.6 Å². The van der Waals surface area contributed by atoms with E-state index in [0.29, 0.717) is 41.5 Å². The van der Waals surface area contributed by atoms with E-state index in [1.54, 1.807) is 10.7 Å². The van der Waals surface area contributed by atoms with Gasteiger partial charge in [-0.3, -0.25) is 14.7 Å². The second-order valence-corrected chi connectivity index (χ2v) is 21.6. The van der Waals surface area contributed by atoms with Crippen LogP contribution < -0.4 is 5.32 Å². The van der Waals surface area contributed by atoms with E-state index in [0.717, 1.165) is 62.0 Å². The number of rotatable bonds is 11. The Bertz CT molecular complexity index is 2260. The summed E-state index contributed by atoms with van der Waals surface area (Å²) in [5.74, 6) is 1.81. The molecule has 0 bridgehead atoms. The molecule has 6 rings (SSSR count). The monoisotopic (exact) mass is 779 g/mol. The van der Waals surface area contributed by atoms with E-state index >= 15 is 0 Å². The van der Waals surface area contributed by atoms with Crippen molar-refractivity contribution in [3.63, 3.8) is 0 Å². The molecule has 53 heavy (non-hydrogen) atoms. The van der Waals surface area contributed by atoms with Gasteiger partial charge in [-0.05, 0) is 62.4 Å². The zero-order chi connectivity index (χ0) is 38.8. The van der Waals surface area contributed by atoms with E-state index in [1.807, 2.05) is 61.0 Å². The smallest absolute Gasteiger partial charge is 0.412 e. The lowest BCUT2D eigenvalue weighted by Crippen LogP contribution is -2.24. The number of hydrogen-bond donors (Lipinski definition) is 2. The van der Waals surface area contributed by atoms with Crippen molar-refractivity contribution in [2.75, 3.05) is 11.9 Å². The number of furan rings is 2. The first-order valence-corrected chi connectivity index (χ1v) is 22.0. The Morgan fingerprint density at radius 2 is 1.28 bits per heavy atom. The third-order valence-corrected chi connectivity index (χ3v) is 10.8. The number of hydrogen-bond acceptors (Lipinski definition) is 7. The second kappa shape index (κ2) is 16.2. The van der Waals surface area contributed by atoms with E-state index in [2.05, 4.69) is 62.9 Å². The van der Waals surface area contributed by atoms with Crippen LogP contribution in [-0.2, 0) is 17.8 Å². The Morgan fingerprint density at radius 3 is 1.74 bits per heavy atom. The number of benzene rings is 2. The Kier molecular flexibility index (Phi) is 12.2. The summed E-state index contributed by atoms with van der Waals surface area (Å²) in [6.45, 7) is 20.1. The number of aryl methyl sites for hydroxylation is 2. The molecule has 282 valence electrons. The van der Waals surface area contributed by atoms with Crippen LogP contribution in [0.5, 0.6) is 0 Å². The maximum atomic E-state index is 12.1. The van der Waals surface area contributed by atoms with Crippen molar-refractivity contribution in [1.29, 1.82) is 0 Å². The second-order valence-electron chi connectivity index (χ2n) is 15.1. The van der Waals surface area contributed by atoms with Crippen molar-refractivity contribution in [1.82, 2.24) is 19.6 Å². The number of nitrogens with one attached hydrogen (secondary N) is 1. The summed E-state index contributed by atoms with van der Waals surface area (Å²) in [6.07, 6.45) is -0.476. The summed E-state index contributed by atoms with van der Waals surface area (Å²) < 4.78 is 20.8. The fraction of sp³-hybridized carbons (Fsp3) is 0.385. The molecule has 2 N–H and O–H groups in total. The maximum Gasteiger partial charge on any atom is 0.412 e. The Labute approximate surface area is 320 Å². The van der Waals surface area contributed by atoms with Gasteiger partial charge in [0.2, 0.25) is 0 Å². The standard InChI is InChI=1S/C22H30ClN3O3Si.C17H17ClN2O3/c1-14(2)19-12-16-10-18(23)11-17(21(16)29-19)13-26-15(3)9-20(25-26)24-22(27)28-7-8-30(4,5)6;1-9(2)15-7-11-5-13(18)6-12(16(11)23-15)8-20-10(3)4-14(19-20)17(21)22/h9-12,14H,7-8,13H2,1-6H3,(H,24,25,27);4-7,9H,8H2,1-3H3,(H,21,22). The van der Waals surface area contributed by atoms with Crippen molar-refractivity contribution < 1.29 is 28.3 Å². The highest BCUT2D eigenvalue weighted by atomic mass is 35.5. The highest BCUT2D eigenvalue weighted by molar-refractivity contribution is 6.76. The molecule has 4 aromatic heterocycles.